The molecular formula is C11H16O2. The Kier molecular flexibility index (Phi) is 6.60. The summed E-state index contributed by atoms with van der Waals surface area (Å²) < 4.78 is 4.71. The van der Waals surface area contributed by atoms with E-state index in [1.807, 2.05) is 12.2 Å². The number of carbonyl (C=O) groups is 1. The lowest BCUT2D eigenvalue weighted by Crippen LogP contribution is -1.98. The quantitative estimate of drug-likeness (QED) is 0.281. The van der Waals surface area contributed by atoms with Crippen molar-refractivity contribution in [1.29, 1.82) is 0 Å². The van der Waals surface area contributed by atoms with Crippen LogP contribution in [0.15, 0.2) is 36.6 Å². The van der Waals surface area contributed by atoms with Crippen LogP contribution in [-0.2, 0) is 9.53 Å². The highest BCUT2D eigenvalue weighted by molar-refractivity contribution is 5.87. The summed E-state index contributed by atoms with van der Waals surface area (Å²) in [5.74, 6) is -0.389. The number of allylic oxidation sites excluding steroid dienone is 3. The molecule has 0 aliphatic heterocycles. The second-order valence-corrected chi connectivity index (χ2v) is 2.73. The fourth-order valence-corrected chi connectivity index (χ4v) is 0.588. The summed E-state index contributed by atoms with van der Waals surface area (Å²) in [6.45, 7) is 7.18. The Hall–Kier alpha value is -1.31. The zero-order valence-corrected chi connectivity index (χ0v) is 8.25. The highest BCUT2D eigenvalue weighted by atomic mass is 16.5. The number of esters is 1. The van der Waals surface area contributed by atoms with Crippen LogP contribution in [0, 0.1) is 0 Å². The topological polar surface area (TPSA) is 26.3 Å². The number of carbonyl (C=O) groups excluding carboxylic acids is 1. The van der Waals surface area contributed by atoms with Gasteiger partial charge in [0.25, 0.3) is 0 Å². The lowest BCUT2D eigenvalue weighted by atomic mass is 10.3. The van der Waals surface area contributed by atoms with Gasteiger partial charge in [-0.25, -0.2) is 4.79 Å². The van der Waals surface area contributed by atoms with Crippen LogP contribution in [0.1, 0.15) is 26.7 Å². The lowest BCUT2D eigenvalue weighted by molar-refractivity contribution is -0.133. The molecule has 0 heterocycles. The molecule has 0 rings (SSSR count). The number of unbranched alkanes of at least 4 members (excludes halogenated alkanes) is 1. The van der Waals surface area contributed by atoms with Crippen molar-refractivity contribution >= 4 is 5.97 Å². The highest BCUT2D eigenvalue weighted by Crippen LogP contribution is 1.93. The zero-order chi connectivity index (χ0) is 10.1. The van der Waals surface area contributed by atoms with Crippen molar-refractivity contribution in [2.45, 2.75) is 26.7 Å². The van der Waals surface area contributed by atoms with E-state index in [0.717, 1.165) is 12.8 Å². The van der Waals surface area contributed by atoms with Gasteiger partial charge in [-0.05, 0) is 19.4 Å². The van der Waals surface area contributed by atoms with Gasteiger partial charge in [-0.1, -0.05) is 32.1 Å². The first kappa shape index (κ1) is 11.7. The van der Waals surface area contributed by atoms with Crippen LogP contribution in [-0.4, -0.2) is 5.97 Å². The van der Waals surface area contributed by atoms with E-state index in [2.05, 4.69) is 13.5 Å². The molecule has 13 heavy (non-hydrogen) atoms. The molecule has 0 fully saturated rings. The number of ether oxygens (including phenoxy) is 1. The number of rotatable bonds is 5. The fourth-order valence-electron chi connectivity index (χ4n) is 0.588. The molecular weight excluding hydrogens is 164 g/mol. The minimum Gasteiger partial charge on any atom is -0.431 e. The van der Waals surface area contributed by atoms with Gasteiger partial charge < -0.3 is 4.74 Å². The van der Waals surface area contributed by atoms with Crippen molar-refractivity contribution in [2.75, 3.05) is 0 Å². The summed E-state index contributed by atoms with van der Waals surface area (Å²) in [6, 6.07) is 0. The molecule has 0 saturated heterocycles. The van der Waals surface area contributed by atoms with E-state index >= 15 is 0 Å². The average Bonchev–Trinajstić information content (AvgIpc) is 2.10. The monoisotopic (exact) mass is 180 g/mol. The molecule has 0 spiro atoms. The maximum absolute atomic E-state index is 10.8. The van der Waals surface area contributed by atoms with E-state index in [-0.39, 0.29) is 5.97 Å². The van der Waals surface area contributed by atoms with Crippen LogP contribution in [0.25, 0.3) is 0 Å². The Balaban J connectivity index is 3.63. The number of hydrogen-bond donors (Lipinski definition) is 0. The van der Waals surface area contributed by atoms with Gasteiger partial charge in [0.05, 0.1) is 6.26 Å². The van der Waals surface area contributed by atoms with Crippen LogP contribution in [0.4, 0.5) is 0 Å². The minimum absolute atomic E-state index is 0.389. The van der Waals surface area contributed by atoms with Crippen molar-refractivity contribution in [3.8, 4) is 0 Å². The predicted octanol–water partition coefficient (Wildman–Crippen LogP) is 2.98. The Morgan fingerprint density at radius 2 is 2.15 bits per heavy atom. The molecule has 0 unspecified atom stereocenters. The zero-order valence-electron chi connectivity index (χ0n) is 8.25. The van der Waals surface area contributed by atoms with E-state index in [0.29, 0.717) is 5.57 Å². The summed E-state index contributed by atoms with van der Waals surface area (Å²) in [7, 11) is 0. The average molecular weight is 180 g/mol. The molecule has 0 aromatic rings. The molecule has 2 heteroatoms. The third-order valence-corrected chi connectivity index (χ3v) is 1.30. The predicted molar refractivity (Wildman–Crippen MR) is 54.1 cm³/mol. The molecule has 0 N–H and O–H groups in total. The van der Waals surface area contributed by atoms with Crippen LogP contribution >= 0.6 is 0 Å². The normalized spacial score (nSPS) is 10.9. The van der Waals surface area contributed by atoms with Crippen molar-refractivity contribution in [1.82, 2.24) is 0 Å². The summed E-state index contributed by atoms with van der Waals surface area (Å²) >= 11 is 0. The molecule has 0 bridgehead atoms. The lowest BCUT2D eigenvalue weighted by Gasteiger charge is -1.94. The fraction of sp³-hybridized carbons (Fsp3) is 0.364. The maximum Gasteiger partial charge on any atom is 0.337 e. The van der Waals surface area contributed by atoms with Crippen LogP contribution in [0.5, 0.6) is 0 Å². The molecule has 0 aromatic carbocycles. The molecule has 2 nitrogen and oxygen atoms in total. The summed E-state index contributed by atoms with van der Waals surface area (Å²) in [6.07, 6.45) is 9.09. The van der Waals surface area contributed by atoms with E-state index in [1.165, 1.54) is 6.26 Å². The Morgan fingerprint density at radius 1 is 1.46 bits per heavy atom. The third kappa shape index (κ3) is 7.06. The van der Waals surface area contributed by atoms with Gasteiger partial charge in [-0.15, -0.1) is 0 Å². The van der Waals surface area contributed by atoms with Crippen molar-refractivity contribution in [3.05, 3.63) is 36.6 Å². The van der Waals surface area contributed by atoms with Gasteiger partial charge in [0, 0.05) is 5.57 Å². The highest BCUT2D eigenvalue weighted by Gasteiger charge is 1.97. The minimum atomic E-state index is -0.389. The Labute approximate surface area is 79.6 Å². The molecule has 0 amide bonds. The van der Waals surface area contributed by atoms with Crippen LogP contribution in [0.3, 0.4) is 0 Å². The molecule has 0 atom stereocenters. The van der Waals surface area contributed by atoms with Gasteiger partial charge in [0.1, 0.15) is 0 Å². The van der Waals surface area contributed by atoms with Gasteiger partial charge in [0.15, 0.2) is 0 Å². The van der Waals surface area contributed by atoms with Crippen LogP contribution < -0.4 is 0 Å². The summed E-state index contributed by atoms with van der Waals surface area (Å²) in [5, 5.41) is 0. The van der Waals surface area contributed by atoms with Crippen LogP contribution in [0.2, 0.25) is 0 Å². The smallest absolute Gasteiger partial charge is 0.337 e. The molecule has 72 valence electrons. The summed E-state index contributed by atoms with van der Waals surface area (Å²) in [4.78, 5) is 10.8. The molecule has 0 saturated carbocycles. The molecule has 0 aliphatic rings. The molecule has 0 aromatic heterocycles. The maximum atomic E-state index is 10.8. The van der Waals surface area contributed by atoms with Crippen molar-refractivity contribution in [2.24, 2.45) is 0 Å². The van der Waals surface area contributed by atoms with Gasteiger partial charge in [-0.3, -0.25) is 0 Å². The van der Waals surface area contributed by atoms with Crippen molar-refractivity contribution < 1.29 is 9.53 Å². The van der Waals surface area contributed by atoms with Gasteiger partial charge in [0.2, 0.25) is 0 Å². The largest absolute Gasteiger partial charge is 0.431 e. The standard InChI is InChI=1S/C11H16O2/c1-4-5-6-7-8-9-13-11(12)10(2)3/h6-9H,2,4-5H2,1,3H3/b7-6+,9-8+. The molecule has 0 aliphatic carbocycles. The van der Waals surface area contributed by atoms with E-state index in [1.54, 1.807) is 13.0 Å². The third-order valence-electron chi connectivity index (χ3n) is 1.30. The van der Waals surface area contributed by atoms with E-state index < -0.39 is 0 Å². The first-order valence-corrected chi connectivity index (χ1v) is 4.36. The second-order valence-electron chi connectivity index (χ2n) is 2.73. The van der Waals surface area contributed by atoms with Gasteiger partial charge >= 0.3 is 5.97 Å². The van der Waals surface area contributed by atoms with Crippen molar-refractivity contribution in [3.63, 3.8) is 0 Å². The van der Waals surface area contributed by atoms with E-state index in [4.69, 9.17) is 4.74 Å². The van der Waals surface area contributed by atoms with Gasteiger partial charge in [-0.2, -0.15) is 0 Å². The Bertz CT molecular complexity index is 224. The molecule has 0 radical (unpaired) electrons. The van der Waals surface area contributed by atoms with E-state index in [9.17, 15) is 4.79 Å². The Morgan fingerprint density at radius 3 is 2.69 bits per heavy atom. The SMILES string of the molecule is C=C(C)C(=O)O/C=C/C=C/CCC. The number of hydrogen-bond acceptors (Lipinski definition) is 2. The first-order valence-electron chi connectivity index (χ1n) is 4.36. The summed E-state index contributed by atoms with van der Waals surface area (Å²) in [5.41, 5.74) is 0.405. The second kappa shape index (κ2) is 7.35. The first-order chi connectivity index (χ1) is 6.18.